The lowest BCUT2D eigenvalue weighted by atomic mass is 10.3. The molecule has 9 heteroatoms. The van der Waals surface area contributed by atoms with Gasteiger partial charge in [-0.05, 0) is 18.2 Å². The fourth-order valence-electron chi connectivity index (χ4n) is 2.80. The molecule has 1 aliphatic heterocycles. The van der Waals surface area contributed by atoms with Crippen molar-refractivity contribution in [1.82, 2.24) is 9.97 Å². The SMILES string of the molecule is OCC(CO)Oc1ccc2nc(C=Cc3cnc(N4CCSCC4)s3)oc2c1. The zero-order valence-electron chi connectivity index (χ0n) is 15.2. The number of anilines is 1. The van der Waals surface area contributed by atoms with Crippen molar-refractivity contribution in [3.63, 3.8) is 0 Å². The highest BCUT2D eigenvalue weighted by atomic mass is 32.2. The van der Waals surface area contributed by atoms with Gasteiger partial charge in [0.1, 0.15) is 17.4 Å². The van der Waals surface area contributed by atoms with Crippen LogP contribution >= 0.6 is 23.1 Å². The van der Waals surface area contributed by atoms with Gasteiger partial charge in [0.25, 0.3) is 0 Å². The topological polar surface area (TPSA) is 91.8 Å². The van der Waals surface area contributed by atoms with Crippen LogP contribution < -0.4 is 9.64 Å². The molecular formula is C19H21N3O4S2. The van der Waals surface area contributed by atoms with Crippen molar-refractivity contribution in [3.05, 3.63) is 35.2 Å². The van der Waals surface area contributed by atoms with Crippen LogP contribution in [0.25, 0.3) is 23.3 Å². The van der Waals surface area contributed by atoms with E-state index in [-0.39, 0.29) is 13.2 Å². The monoisotopic (exact) mass is 419 g/mol. The molecule has 0 amide bonds. The van der Waals surface area contributed by atoms with Crippen LogP contribution in [0.5, 0.6) is 5.75 Å². The number of thioether (sulfide) groups is 1. The van der Waals surface area contributed by atoms with Gasteiger partial charge in [-0.15, -0.1) is 0 Å². The number of aromatic nitrogens is 2. The summed E-state index contributed by atoms with van der Waals surface area (Å²) in [6.07, 6.45) is 5.00. The number of fused-ring (bicyclic) bond motifs is 1. The summed E-state index contributed by atoms with van der Waals surface area (Å²) < 4.78 is 11.3. The third-order valence-electron chi connectivity index (χ3n) is 4.27. The number of oxazole rings is 1. The third-order valence-corrected chi connectivity index (χ3v) is 6.24. The molecule has 0 atom stereocenters. The molecule has 1 fully saturated rings. The van der Waals surface area contributed by atoms with E-state index in [4.69, 9.17) is 19.4 Å². The zero-order valence-corrected chi connectivity index (χ0v) is 16.8. The lowest BCUT2D eigenvalue weighted by molar-refractivity contribution is 0.0630. The smallest absolute Gasteiger partial charge is 0.220 e. The van der Waals surface area contributed by atoms with Crippen LogP contribution in [0.3, 0.4) is 0 Å². The molecule has 28 heavy (non-hydrogen) atoms. The Kier molecular flexibility index (Phi) is 6.16. The Morgan fingerprint density at radius 2 is 2.04 bits per heavy atom. The van der Waals surface area contributed by atoms with Crippen molar-refractivity contribution in [2.24, 2.45) is 0 Å². The molecule has 1 saturated heterocycles. The van der Waals surface area contributed by atoms with Gasteiger partial charge in [-0.25, -0.2) is 9.97 Å². The number of hydrogen-bond donors (Lipinski definition) is 2. The molecule has 0 radical (unpaired) electrons. The molecule has 4 rings (SSSR count). The van der Waals surface area contributed by atoms with Gasteiger partial charge in [-0.2, -0.15) is 11.8 Å². The van der Waals surface area contributed by atoms with Crippen LogP contribution in [-0.4, -0.2) is 64.1 Å². The van der Waals surface area contributed by atoms with Gasteiger partial charge in [0.2, 0.25) is 5.89 Å². The van der Waals surface area contributed by atoms with Gasteiger partial charge >= 0.3 is 0 Å². The molecule has 0 spiro atoms. The Balaban J connectivity index is 1.46. The lowest BCUT2D eigenvalue weighted by Crippen LogP contribution is -2.32. The lowest BCUT2D eigenvalue weighted by Gasteiger charge is -2.25. The van der Waals surface area contributed by atoms with Crippen molar-refractivity contribution in [1.29, 1.82) is 0 Å². The van der Waals surface area contributed by atoms with Gasteiger partial charge in [-0.3, -0.25) is 0 Å². The Morgan fingerprint density at radius 1 is 1.21 bits per heavy atom. The number of nitrogens with zero attached hydrogens (tertiary/aromatic N) is 3. The summed E-state index contributed by atoms with van der Waals surface area (Å²) in [6.45, 7) is 1.58. The van der Waals surface area contributed by atoms with E-state index >= 15 is 0 Å². The first-order valence-electron chi connectivity index (χ1n) is 9.01. The van der Waals surface area contributed by atoms with Crippen molar-refractivity contribution < 1.29 is 19.4 Å². The van der Waals surface area contributed by atoms with Crippen molar-refractivity contribution in [2.45, 2.75) is 6.10 Å². The number of rotatable bonds is 7. The number of benzene rings is 1. The van der Waals surface area contributed by atoms with E-state index in [1.54, 1.807) is 29.5 Å². The number of aliphatic hydroxyl groups is 2. The molecule has 3 aromatic rings. The average molecular weight is 420 g/mol. The normalized spacial score (nSPS) is 15.2. The molecule has 2 aromatic heterocycles. The van der Waals surface area contributed by atoms with Gasteiger partial charge in [0.05, 0.1) is 13.2 Å². The molecule has 148 valence electrons. The fourth-order valence-corrected chi connectivity index (χ4v) is 4.57. The standard InChI is InChI=1S/C19H21N3O4S2/c23-11-14(12-24)25-13-1-3-16-17(9-13)26-18(21-16)4-2-15-10-20-19(28-15)22-5-7-27-8-6-22/h1-4,9-10,14,23-24H,5-8,11-12H2. The van der Waals surface area contributed by atoms with Gasteiger partial charge < -0.3 is 24.3 Å². The molecule has 7 nitrogen and oxygen atoms in total. The van der Waals surface area contributed by atoms with Crippen LogP contribution in [0, 0.1) is 0 Å². The quantitative estimate of drug-likeness (QED) is 0.604. The third kappa shape index (κ3) is 4.49. The second kappa shape index (κ2) is 8.95. The summed E-state index contributed by atoms with van der Waals surface area (Å²) in [6, 6.07) is 5.23. The predicted molar refractivity (Wildman–Crippen MR) is 113 cm³/mol. The predicted octanol–water partition coefficient (Wildman–Crippen LogP) is 2.74. The van der Waals surface area contributed by atoms with E-state index in [1.165, 1.54) is 0 Å². The maximum absolute atomic E-state index is 9.13. The fraction of sp³-hybridized carbons (Fsp3) is 0.368. The summed E-state index contributed by atoms with van der Waals surface area (Å²) in [5, 5.41) is 19.3. The highest BCUT2D eigenvalue weighted by Gasteiger charge is 2.14. The van der Waals surface area contributed by atoms with Crippen molar-refractivity contribution in [2.75, 3.05) is 42.7 Å². The number of ether oxygens (including phenoxy) is 1. The Bertz CT molecular complexity index is 946. The van der Waals surface area contributed by atoms with Crippen LogP contribution in [0.2, 0.25) is 0 Å². The van der Waals surface area contributed by atoms with Gasteiger partial charge in [0, 0.05) is 47.8 Å². The van der Waals surface area contributed by atoms with Crippen LogP contribution in [0.4, 0.5) is 5.13 Å². The van der Waals surface area contributed by atoms with Gasteiger partial charge in [-0.1, -0.05) is 11.3 Å². The highest BCUT2D eigenvalue weighted by molar-refractivity contribution is 7.99. The first kappa shape index (κ1) is 19.3. The maximum atomic E-state index is 9.13. The van der Waals surface area contributed by atoms with E-state index in [1.807, 2.05) is 30.1 Å². The van der Waals surface area contributed by atoms with Crippen molar-refractivity contribution in [3.8, 4) is 5.75 Å². The second-order valence-corrected chi connectivity index (χ2v) is 8.53. The summed E-state index contributed by atoms with van der Waals surface area (Å²) in [5.74, 6) is 3.31. The van der Waals surface area contributed by atoms with E-state index in [0.29, 0.717) is 22.7 Å². The maximum Gasteiger partial charge on any atom is 0.220 e. The summed E-state index contributed by atoms with van der Waals surface area (Å²) in [5.41, 5.74) is 1.30. The number of thiazole rings is 1. The van der Waals surface area contributed by atoms with Crippen LogP contribution in [-0.2, 0) is 0 Å². The van der Waals surface area contributed by atoms with E-state index in [2.05, 4.69) is 14.9 Å². The summed E-state index contributed by atoms with van der Waals surface area (Å²) >= 11 is 3.64. The van der Waals surface area contributed by atoms with E-state index in [0.717, 1.165) is 34.6 Å². The molecule has 1 aromatic carbocycles. The largest absolute Gasteiger partial charge is 0.485 e. The Hall–Kier alpha value is -2.07. The Morgan fingerprint density at radius 3 is 2.82 bits per heavy atom. The molecule has 2 N–H and O–H groups in total. The van der Waals surface area contributed by atoms with E-state index < -0.39 is 6.10 Å². The number of aliphatic hydroxyl groups excluding tert-OH is 2. The van der Waals surface area contributed by atoms with Gasteiger partial charge in [0.15, 0.2) is 10.7 Å². The van der Waals surface area contributed by atoms with Crippen LogP contribution in [0.1, 0.15) is 10.8 Å². The van der Waals surface area contributed by atoms with Crippen molar-refractivity contribution >= 4 is 51.5 Å². The summed E-state index contributed by atoms with van der Waals surface area (Å²) in [4.78, 5) is 12.3. The minimum Gasteiger partial charge on any atom is -0.485 e. The molecule has 0 bridgehead atoms. The van der Waals surface area contributed by atoms with Crippen LogP contribution in [0.15, 0.2) is 28.8 Å². The zero-order chi connectivity index (χ0) is 19.3. The van der Waals surface area contributed by atoms with E-state index in [9.17, 15) is 0 Å². The average Bonchev–Trinajstić information content (AvgIpc) is 3.37. The molecule has 3 heterocycles. The minimum atomic E-state index is -0.654. The second-order valence-electron chi connectivity index (χ2n) is 6.26. The first-order valence-corrected chi connectivity index (χ1v) is 11.0. The number of hydrogen-bond acceptors (Lipinski definition) is 9. The molecule has 0 aliphatic carbocycles. The molecule has 0 unspecified atom stereocenters. The molecule has 0 saturated carbocycles. The Labute approximate surface area is 170 Å². The minimum absolute atomic E-state index is 0.258. The molecular weight excluding hydrogens is 398 g/mol. The highest BCUT2D eigenvalue weighted by Crippen LogP contribution is 2.27. The molecule has 1 aliphatic rings. The first-order chi connectivity index (χ1) is 13.7. The summed E-state index contributed by atoms with van der Waals surface area (Å²) in [7, 11) is 0.